The van der Waals surface area contributed by atoms with Crippen molar-refractivity contribution < 1.29 is 14.3 Å². The van der Waals surface area contributed by atoms with E-state index in [4.69, 9.17) is 9.47 Å². The quantitative estimate of drug-likeness (QED) is 0.220. The van der Waals surface area contributed by atoms with Gasteiger partial charge >= 0.3 is 0 Å². The molecule has 160 valence electrons. The number of hydrogen-bond acceptors (Lipinski definition) is 4. The summed E-state index contributed by atoms with van der Waals surface area (Å²) in [6.07, 6.45) is 3.98. The van der Waals surface area contributed by atoms with Crippen molar-refractivity contribution in [3.63, 3.8) is 0 Å². The summed E-state index contributed by atoms with van der Waals surface area (Å²) in [7, 11) is 0. The zero-order chi connectivity index (χ0) is 21.9. The van der Waals surface area contributed by atoms with Gasteiger partial charge in [-0.15, -0.1) is 0 Å². The second-order valence-electron chi connectivity index (χ2n) is 7.51. The Morgan fingerprint density at radius 1 is 1.03 bits per heavy atom. The zero-order valence-corrected chi connectivity index (χ0v) is 19.3. The van der Waals surface area contributed by atoms with Crippen LogP contribution in [0.1, 0.15) is 16.7 Å². The lowest BCUT2D eigenvalue weighted by Crippen LogP contribution is -2.19. The number of halogens is 1. The fourth-order valence-electron chi connectivity index (χ4n) is 3.75. The molecule has 5 rings (SSSR count). The first-order valence-corrected chi connectivity index (χ1v) is 11.3. The number of benzene rings is 3. The third-order valence-electron chi connectivity index (χ3n) is 5.28. The van der Waals surface area contributed by atoms with E-state index < -0.39 is 0 Å². The minimum Gasteiger partial charge on any atom is -0.454 e. The second kappa shape index (κ2) is 9.04. The van der Waals surface area contributed by atoms with Crippen molar-refractivity contribution in [2.75, 3.05) is 6.79 Å². The van der Waals surface area contributed by atoms with Crippen molar-refractivity contribution in [1.82, 2.24) is 9.99 Å². The molecule has 0 fully saturated rings. The largest absolute Gasteiger partial charge is 0.454 e. The Bertz CT molecular complexity index is 1310. The highest BCUT2D eigenvalue weighted by Crippen LogP contribution is 2.32. The molecule has 0 saturated heterocycles. The lowest BCUT2D eigenvalue weighted by molar-refractivity contribution is -0.120. The van der Waals surface area contributed by atoms with E-state index >= 15 is 0 Å². The highest BCUT2D eigenvalue weighted by atomic mass is 127. The summed E-state index contributed by atoms with van der Waals surface area (Å²) in [5, 5.41) is 5.29. The molecule has 0 radical (unpaired) electrons. The molecule has 0 unspecified atom stereocenters. The van der Waals surface area contributed by atoms with Crippen LogP contribution in [0.15, 0.2) is 78.0 Å². The van der Waals surface area contributed by atoms with Crippen LogP contribution >= 0.6 is 22.6 Å². The molecule has 2 heterocycles. The number of hydrogen-bond donors (Lipinski definition) is 1. The summed E-state index contributed by atoms with van der Waals surface area (Å²) in [6.45, 7) is 0.980. The topological polar surface area (TPSA) is 64.8 Å². The highest BCUT2D eigenvalue weighted by Gasteiger charge is 2.14. The molecule has 6 nitrogen and oxygen atoms in total. The molecule has 32 heavy (non-hydrogen) atoms. The van der Waals surface area contributed by atoms with Gasteiger partial charge in [0, 0.05) is 32.8 Å². The van der Waals surface area contributed by atoms with Gasteiger partial charge in [0.05, 0.1) is 12.6 Å². The zero-order valence-electron chi connectivity index (χ0n) is 17.1. The molecule has 0 atom stereocenters. The van der Waals surface area contributed by atoms with E-state index in [-0.39, 0.29) is 19.1 Å². The number of carbonyl (C=O) groups excluding carboxylic acids is 1. The van der Waals surface area contributed by atoms with Crippen molar-refractivity contribution in [2.24, 2.45) is 5.10 Å². The van der Waals surface area contributed by atoms with Gasteiger partial charge in [0.2, 0.25) is 12.7 Å². The molecule has 1 aromatic heterocycles. The number of hydrazone groups is 1. The minimum atomic E-state index is -0.192. The van der Waals surface area contributed by atoms with Crippen LogP contribution in [-0.4, -0.2) is 23.5 Å². The molecule has 3 aromatic carbocycles. The predicted molar refractivity (Wildman–Crippen MR) is 132 cm³/mol. The van der Waals surface area contributed by atoms with Crippen LogP contribution in [0.25, 0.3) is 10.9 Å². The van der Waals surface area contributed by atoms with Gasteiger partial charge in [-0.05, 0) is 64.0 Å². The summed E-state index contributed by atoms with van der Waals surface area (Å²) < 4.78 is 14.1. The Morgan fingerprint density at radius 2 is 1.81 bits per heavy atom. The third kappa shape index (κ3) is 4.47. The fourth-order valence-corrected chi connectivity index (χ4v) is 4.10. The van der Waals surface area contributed by atoms with Crippen molar-refractivity contribution in [1.29, 1.82) is 0 Å². The Balaban J connectivity index is 1.29. The van der Waals surface area contributed by atoms with Crippen LogP contribution in [-0.2, 0) is 17.8 Å². The number of ether oxygens (including phenoxy) is 2. The molecule has 4 aromatic rings. The van der Waals surface area contributed by atoms with Gasteiger partial charge in [-0.1, -0.05) is 36.4 Å². The normalized spacial score (nSPS) is 12.5. The second-order valence-corrected chi connectivity index (χ2v) is 8.76. The summed E-state index contributed by atoms with van der Waals surface area (Å²) in [5.41, 5.74) is 6.78. The number of amides is 1. The molecule has 0 aliphatic carbocycles. The van der Waals surface area contributed by atoms with Gasteiger partial charge in [0.25, 0.3) is 0 Å². The molecule has 7 heteroatoms. The number of rotatable bonds is 6. The maximum Gasteiger partial charge on any atom is 0.244 e. The smallest absolute Gasteiger partial charge is 0.244 e. The average molecular weight is 537 g/mol. The molecule has 0 saturated carbocycles. The molecule has 1 aliphatic rings. The number of nitrogens with one attached hydrogen (secondary N) is 1. The summed E-state index contributed by atoms with van der Waals surface area (Å²) in [4.78, 5) is 12.3. The maximum absolute atomic E-state index is 12.3. The molecule has 1 N–H and O–H groups in total. The van der Waals surface area contributed by atoms with Gasteiger partial charge < -0.3 is 14.0 Å². The molecule has 1 aliphatic heterocycles. The molecule has 1 amide bonds. The molecule has 0 bridgehead atoms. The van der Waals surface area contributed by atoms with Crippen LogP contribution in [0.3, 0.4) is 0 Å². The van der Waals surface area contributed by atoms with Gasteiger partial charge in [-0.3, -0.25) is 4.79 Å². The number of carbonyl (C=O) groups is 1. The predicted octanol–water partition coefficient (Wildman–Crippen LogP) is 4.72. The molecule has 0 spiro atoms. The average Bonchev–Trinajstić information content (AvgIpc) is 3.40. The summed E-state index contributed by atoms with van der Waals surface area (Å²) >= 11 is 2.31. The van der Waals surface area contributed by atoms with E-state index in [9.17, 15) is 4.79 Å². The number of para-hydroxylation sites is 1. The monoisotopic (exact) mass is 537 g/mol. The Labute approximate surface area is 199 Å². The summed E-state index contributed by atoms with van der Waals surface area (Å²) in [6, 6.07) is 22.2. The first-order valence-electron chi connectivity index (χ1n) is 10.2. The number of nitrogens with zero attached hydrogens (tertiary/aromatic N) is 2. The van der Waals surface area contributed by atoms with Crippen molar-refractivity contribution in [3.8, 4) is 11.5 Å². The van der Waals surface area contributed by atoms with Crippen molar-refractivity contribution in [3.05, 3.63) is 93.2 Å². The summed E-state index contributed by atoms with van der Waals surface area (Å²) in [5.74, 6) is 1.18. The Morgan fingerprint density at radius 3 is 2.69 bits per heavy atom. The highest BCUT2D eigenvalue weighted by molar-refractivity contribution is 14.1. The van der Waals surface area contributed by atoms with E-state index in [1.165, 1.54) is 9.13 Å². The lowest BCUT2D eigenvalue weighted by atomic mass is 10.1. The van der Waals surface area contributed by atoms with Crippen LogP contribution in [0.4, 0.5) is 0 Å². The van der Waals surface area contributed by atoms with Crippen molar-refractivity contribution >= 4 is 45.6 Å². The van der Waals surface area contributed by atoms with Crippen LogP contribution in [0.5, 0.6) is 11.5 Å². The first-order chi connectivity index (χ1) is 15.7. The van der Waals surface area contributed by atoms with E-state index in [2.05, 4.69) is 80.3 Å². The van der Waals surface area contributed by atoms with Gasteiger partial charge in [0.15, 0.2) is 11.5 Å². The Kier molecular flexibility index (Phi) is 5.81. The van der Waals surface area contributed by atoms with Gasteiger partial charge in [0.1, 0.15) is 0 Å². The van der Waals surface area contributed by atoms with Gasteiger partial charge in [-0.25, -0.2) is 5.43 Å². The SMILES string of the molecule is O=C(Cc1ccc2c(c1)OCO2)N/N=C\c1cn(Cc2ccc(I)cc2)c2ccccc12. The van der Waals surface area contributed by atoms with Crippen LogP contribution in [0.2, 0.25) is 0 Å². The molecular weight excluding hydrogens is 517 g/mol. The van der Waals surface area contributed by atoms with E-state index in [0.717, 1.165) is 28.6 Å². The van der Waals surface area contributed by atoms with E-state index in [1.807, 2.05) is 30.3 Å². The molecular formula is C25H20IN3O3. The Hall–Kier alpha value is -3.33. The number of fused-ring (bicyclic) bond motifs is 2. The number of aromatic nitrogens is 1. The maximum atomic E-state index is 12.3. The van der Waals surface area contributed by atoms with Crippen molar-refractivity contribution in [2.45, 2.75) is 13.0 Å². The van der Waals surface area contributed by atoms with E-state index in [0.29, 0.717) is 11.5 Å². The third-order valence-corrected chi connectivity index (χ3v) is 6.00. The standard InChI is InChI=1S/C25H20IN3O3/c26-20-8-5-17(6-9-20)14-29-15-19(21-3-1-2-4-22(21)29)13-27-28-25(30)12-18-7-10-23-24(11-18)32-16-31-23/h1-11,13,15H,12,14,16H2,(H,28,30)/b27-13-. The van der Waals surface area contributed by atoms with Crippen LogP contribution in [0, 0.1) is 3.57 Å². The fraction of sp³-hybridized carbons (Fsp3) is 0.120. The minimum absolute atomic E-state index is 0.192. The first kappa shape index (κ1) is 20.6. The van der Waals surface area contributed by atoms with Gasteiger partial charge in [-0.2, -0.15) is 5.10 Å². The van der Waals surface area contributed by atoms with Crippen LogP contribution < -0.4 is 14.9 Å². The lowest BCUT2D eigenvalue weighted by Gasteiger charge is -2.05. The van der Waals surface area contributed by atoms with E-state index in [1.54, 1.807) is 6.21 Å².